The molecule has 0 saturated carbocycles. The Morgan fingerprint density at radius 1 is 1.29 bits per heavy atom. The lowest BCUT2D eigenvalue weighted by atomic mass is 9.94. The Balaban J connectivity index is 2.44. The van der Waals surface area contributed by atoms with Gasteiger partial charge in [0.25, 0.3) is 0 Å². The van der Waals surface area contributed by atoms with Gasteiger partial charge in [-0.3, -0.25) is 4.79 Å². The van der Waals surface area contributed by atoms with Crippen LogP contribution in [0.4, 0.5) is 0 Å². The first-order valence-corrected chi connectivity index (χ1v) is 5.08. The molecule has 0 spiro atoms. The highest BCUT2D eigenvalue weighted by molar-refractivity contribution is 5.96. The molecule has 0 radical (unpaired) electrons. The quantitative estimate of drug-likeness (QED) is 0.681. The summed E-state index contributed by atoms with van der Waals surface area (Å²) in [6, 6.07) is 2.03. The highest BCUT2D eigenvalue weighted by atomic mass is 16.1. The van der Waals surface area contributed by atoms with Crippen molar-refractivity contribution in [1.82, 2.24) is 10.2 Å². The van der Waals surface area contributed by atoms with E-state index < -0.39 is 0 Å². The summed E-state index contributed by atoms with van der Waals surface area (Å²) in [4.78, 5) is 11.5. The van der Waals surface area contributed by atoms with E-state index >= 15 is 0 Å². The van der Waals surface area contributed by atoms with E-state index in [0.29, 0.717) is 18.0 Å². The highest BCUT2D eigenvalue weighted by Crippen LogP contribution is 2.21. The van der Waals surface area contributed by atoms with Crippen molar-refractivity contribution in [2.75, 3.05) is 0 Å². The second-order valence-electron chi connectivity index (χ2n) is 4.07. The summed E-state index contributed by atoms with van der Waals surface area (Å²) in [5, 5.41) is 8.09. The van der Waals surface area contributed by atoms with Gasteiger partial charge in [0.15, 0.2) is 5.78 Å². The van der Waals surface area contributed by atoms with Crippen molar-refractivity contribution in [3.8, 4) is 0 Å². The van der Waals surface area contributed by atoms with Crippen LogP contribution in [-0.4, -0.2) is 16.0 Å². The van der Waals surface area contributed by atoms with Gasteiger partial charge in [-0.2, -0.15) is 5.10 Å². The van der Waals surface area contributed by atoms with Crippen LogP contribution in [0, 0.1) is 0 Å². The maximum absolute atomic E-state index is 11.5. The Bertz CT molecular complexity index is 372. The molecule has 0 fully saturated rings. The lowest BCUT2D eigenvalue weighted by Crippen LogP contribution is -2.15. The zero-order chi connectivity index (χ0) is 10.1. The van der Waals surface area contributed by atoms with E-state index in [9.17, 15) is 4.79 Å². The van der Waals surface area contributed by atoms with E-state index in [1.54, 1.807) is 0 Å². The van der Waals surface area contributed by atoms with Crippen molar-refractivity contribution in [2.45, 2.75) is 39.0 Å². The van der Waals surface area contributed by atoms with Crippen LogP contribution in [0.5, 0.6) is 0 Å². The highest BCUT2D eigenvalue weighted by Gasteiger charge is 2.19. The summed E-state index contributed by atoms with van der Waals surface area (Å²) in [6.07, 6.45) is 2.55. The molecule has 1 aromatic heterocycles. The number of hydrogen-bond acceptors (Lipinski definition) is 3. The average Bonchev–Trinajstić information content (AvgIpc) is 2.17. The summed E-state index contributed by atoms with van der Waals surface area (Å²) in [5.74, 6) is 0.527. The van der Waals surface area contributed by atoms with Gasteiger partial charge in [-0.25, -0.2) is 0 Å². The Hall–Kier alpha value is -1.25. The number of carbonyl (C=O) groups is 1. The van der Waals surface area contributed by atoms with E-state index in [1.807, 2.05) is 6.07 Å². The average molecular weight is 190 g/mol. The van der Waals surface area contributed by atoms with Crippen molar-refractivity contribution >= 4 is 5.78 Å². The standard InChI is InChI=1S/C11H14N2O/c1-7(2)9-6-8-4-3-5-10(14)11(8)13-12-9/h6-7H,3-5H2,1-2H3. The predicted octanol–water partition coefficient (Wildman–Crippen LogP) is 2.12. The fourth-order valence-electron chi connectivity index (χ4n) is 1.71. The fraction of sp³-hybridized carbons (Fsp3) is 0.545. The molecular weight excluding hydrogens is 176 g/mol. The molecular formula is C11H14N2O. The van der Waals surface area contributed by atoms with Crippen LogP contribution in [0.1, 0.15) is 54.4 Å². The number of carbonyl (C=O) groups excluding carboxylic acids is 1. The maximum atomic E-state index is 11.5. The largest absolute Gasteiger partial charge is 0.292 e. The molecule has 0 bridgehead atoms. The van der Waals surface area contributed by atoms with Crippen molar-refractivity contribution in [1.29, 1.82) is 0 Å². The molecule has 1 aromatic rings. The van der Waals surface area contributed by atoms with Gasteiger partial charge in [0.1, 0.15) is 5.69 Å². The van der Waals surface area contributed by atoms with Gasteiger partial charge in [0.2, 0.25) is 0 Å². The van der Waals surface area contributed by atoms with E-state index in [1.165, 1.54) is 0 Å². The van der Waals surface area contributed by atoms with Crippen LogP contribution >= 0.6 is 0 Å². The Kier molecular flexibility index (Phi) is 2.32. The summed E-state index contributed by atoms with van der Waals surface area (Å²) < 4.78 is 0. The number of Topliss-reactive ketones (excluding diaryl/α,β-unsaturated/α-hetero) is 1. The van der Waals surface area contributed by atoms with Crippen molar-refractivity contribution in [3.63, 3.8) is 0 Å². The van der Waals surface area contributed by atoms with Gasteiger partial charge in [-0.1, -0.05) is 13.8 Å². The third kappa shape index (κ3) is 1.54. The number of ketones is 1. The molecule has 1 aliphatic carbocycles. The third-order valence-corrected chi connectivity index (χ3v) is 2.60. The van der Waals surface area contributed by atoms with Crippen LogP contribution in [0.3, 0.4) is 0 Å². The SMILES string of the molecule is CC(C)c1cc2c(nn1)C(=O)CCC2. The lowest BCUT2D eigenvalue weighted by Gasteiger charge is -2.14. The Morgan fingerprint density at radius 3 is 2.79 bits per heavy atom. The Labute approximate surface area is 83.5 Å². The van der Waals surface area contributed by atoms with E-state index in [4.69, 9.17) is 0 Å². The van der Waals surface area contributed by atoms with Gasteiger partial charge in [0.05, 0.1) is 5.69 Å². The maximum Gasteiger partial charge on any atom is 0.183 e. The van der Waals surface area contributed by atoms with Crippen LogP contribution < -0.4 is 0 Å². The first-order chi connectivity index (χ1) is 6.68. The molecule has 0 atom stereocenters. The molecule has 0 aliphatic heterocycles. The molecule has 1 heterocycles. The molecule has 0 saturated heterocycles. The number of rotatable bonds is 1. The van der Waals surface area contributed by atoms with E-state index in [-0.39, 0.29) is 5.78 Å². The first-order valence-electron chi connectivity index (χ1n) is 5.08. The van der Waals surface area contributed by atoms with E-state index in [0.717, 1.165) is 24.1 Å². The molecule has 3 nitrogen and oxygen atoms in total. The third-order valence-electron chi connectivity index (χ3n) is 2.60. The summed E-state index contributed by atoms with van der Waals surface area (Å²) in [7, 11) is 0. The molecule has 0 amide bonds. The molecule has 0 aromatic carbocycles. The lowest BCUT2D eigenvalue weighted by molar-refractivity contribution is 0.0966. The fourth-order valence-corrected chi connectivity index (χ4v) is 1.71. The molecule has 14 heavy (non-hydrogen) atoms. The number of aromatic nitrogens is 2. The minimum atomic E-state index is 0.147. The zero-order valence-corrected chi connectivity index (χ0v) is 8.58. The first kappa shape index (κ1) is 9.31. The van der Waals surface area contributed by atoms with Crippen LogP contribution in [0.2, 0.25) is 0 Å². The zero-order valence-electron chi connectivity index (χ0n) is 8.58. The van der Waals surface area contributed by atoms with Crippen molar-refractivity contribution in [2.24, 2.45) is 0 Å². The topological polar surface area (TPSA) is 42.9 Å². The number of aryl methyl sites for hydroxylation is 1. The number of hydrogen-bond donors (Lipinski definition) is 0. The van der Waals surface area contributed by atoms with Crippen LogP contribution in [0.15, 0.2) is 6.07 Å². The summed E-state index contributed by atoms with van der Waals surface area (Å²) >= 11 is 0. The van der Waals surface area contributed by atoms with Crippen LogP contribution in [0.25, 0.3) is 0 Å². The predicted molar refractivity (Wildman–Crippen MR) is 53.4 cm³/mol. The summed E-state index contributed by atoms with van der Waals surface area (Å²) in [5.41, 5.74) is 2.67. The van der Waals surface area contributed by atoms with Gasteiger partial charge in [-0.05, 0) is 30.4 Å². The minimum Gasteiger partial charge on any atom is -0.292 e. The molecule has 1 aliphatic rings. The van der Waals surface area contributed by atoms with Gasteiger partial charge in [0, 0.05) is 6.42 Å². The van der Waals surface area contributed by atoms with Crippen molar-refractivity contribution < 1.29 is 4.79 Å². The number of fused-ring (bicyclic) bond motifs is 1. The second-order valence-corrected chi connectivity index (χ2v) is 4.07. The molecule has 2 rings (SSSR count). The van der Waals surface area contributed by atoms with Crippen molar-refractivity contribution in [3.05, 3.63) is 23.0 Å². The molecule has 3 heteroatoms. The van der Waals surface area contributed by atoms with E-state index in [2.05, 4.69) is 24.0 Å². The number of nitrogens with zero attached hydrogens (tertiary/aromatic N) is 2. The second kappa shape index (κ2) is 3.48. The normalized spacial score (nSPS) is 15.8. The van der Waals surface area contributed by atoms with Gasteiger partial charge >= 0.3 is 0 Å². The van der Waals surface area contributed by atoms with Crippen LogP contribution in [-0.2, 0) is 6.42 Å². The van der Waals surface area contributed by atoms with Gasteiger partial charge < -0.3 is 0 Å². The molecule has 74 valence electrons. The van der Waals surface area contributed by atoms with Gasteiger partial charge in [-0.15, -0.1) is 5.10 Å². The molecule has 0 unspecified atom stereocenters. The summed E-state index contributed by atoms with van der Waals surface area (Å²) in [6.45, 7) is 4.17. The monoisotopic (exact) mass is 190 g/mol. The Morgan fingerprint density at radius 2 is 2.07 bits per heavy atom. The molecule has 0 N–H and O–H groups in total. The minimum absolute atomic E-state index is 0.147. The smallest absolute Gasteiger partial charge is 0.183 e.